The van der Waals surface area contributed by atoms with Crippen molar-refractivity contribution >= 4 is 17.6 Å². The fourth-order valence-corrected chi connectivity index (χ4v) is 4.96. The minimum atomic E-state index is -4.39. The van der Waals surface area contributed by atoms with Crippen LogP contribution in [-0.2, 0) is 32.3 Å². The molecule has 224 valence electrons. The number of hydrogen-bond donors (Lipinski definition) is 0. The second-order valence-electron chi connectivity index (χ2n) is 11.9. The molecule has 4 rings (SSSR count). The van der Waals surface area contributed by atoms with Gasteiger partial charge in [-0.05, 0) is 86.3 Å². The van der Waals surface area contributed by atoms with Crippen molar-refractivity contribution in [1.29, 1.82) is 0 Å². The third-order valence-electron chi connectivity index (χ3n) is 6.85. The number of halogens is 3. The van der Waals surface area contributed by atoms with Gasteiger partial charge in [0.25, 0.3) is 0 Å². The second-order valence-corrected chi connectivity index (χ2v) is 11.9. The Kier molecular flexibility index (Phi) is 8.62. The van der Waals surface area contributed by atoms with Gasteiger partial charge in [-0.3, -0.25) is 4.79 Å². The van der Waals surface area contributed by atoms with Gasteiger partial charge in [0, 0.05) is 17.6 Å². The summed E-state index contributed by atoms with van der Waals surface area (Å²) in [5.74, 6) is 0.201. The van der Waals surface area contributed by atoms with Crippen molar-refractivity contribution in [1.82, 2.24) is 0 Å². The monoisotopic (exact) mass is 583 g/mol. The van der Waals surface area contributed by atoms with Crippen molar-refractivity contribution in [3.63, 3.8) is 0 Å². The van der Waals surface area contributed by atoms with Gasteiger partial charge in [0.05, 0.1) is 18.6 Å². The largest absolute Gasteiger partial charge is 0.490 e. The molecule has 0 unspecified atom stereocenters. The van der Waals surface area contributed by atoms with E-state index in [0.717, 1.165) is 34.5 Å². The van der Waals surface area contributed by atoms with Crippen LogP contribution in [0.5, 0.6) is 11.5 Å². The first-order valence-corrected chi connectivity index (χ1v) is 13.8. The number of esters is 1. The molecule has 0 radical (unpaired) electrons. The molecule has 0 N–H and O–H groups in total. The highest BCUT2D eigenvalue weighted by molar-refractivity contribution is 5.98. The van der Waals surface area contributed by atoms with Crippen molar-refractivity contribution in [2.24, 2.45) is 0 Å². The Morgan fingerprint density at radius 1 is 0.881 bits per heavy atom. The molecular weight excluding hydrogens is 547 g/mol. The topological polar surface area (TPSA) is 65.1 Å². The Hall–Kier alpha value is -4.01. The zero-order chi connectivity index (χ0) is 30.9. The van der Waals surface area contributed by atoms with Gasteiger partial charge in [0.1, 0.15) is 5.60 Å². The molecule has 1 aliphatic heterocycles. The predicted molar refractivity (Wildman–Crippen MR) is 155 cm³/mol. The smallest absolute Gasteiger partial charge is 0.416 e. The minimum absolute atomic E-state index is 0.103. The SMILES string of the molecule is CCOc1cc(CC(=O)N2CC(C)(C)c3cc(-c4ccc(C(F)(F)F)cc4)ccc32)ccc1OCC(=O)OC(C)(C)C. The van der Waals surface area contributed by atoms with Crippen LogP contribution in [0.15, 0.2) is 60.7 Å². The summed E-state index contributed by atoms with van der Waals surface area (Å²) in [6.45, 7) is 11.8. The number of amides is 1. The standard InChI is InChI=1S/C33H36F3NO5/c1-7-40-28-16-21(8-15-27(28)41-19-30(39)42-31(2,3)4)17-29(38)37-20-32(5,6)25-18-23(11-14-26(25)37)22-9-12-24(13-10-22)33(34,35)36/h8-16,18H,7,17,19-20H2,1-6H3. The maximum Gasteiger partial charge on any atom is 0.416 e. The van der Waals surface area contributed by atoms with E-state index in [-0.39, 0.29) is 24.3 Å². The molecular formula is C33H36F3NO5. The van der Waals surface area contributed by atoms with Crippen molar-refractivity contribution in [2.75, 3.05) is 24.7 Å². The summed E-state index contributed by atoms with van der Waals surface area (Å²) in [4.78, 5) is 27.4. The quantitative estimate of drug-likeness (QED) is 0.259. The Balaban J connectivity index is 1.51. The number of hydrogen-bond acceptors (Lipinski definition) is 5. The van der Waals surface area contributed by atoms with E-state index >= 15 is 0 Å². The van der Waals surface area contributed by atoms with Crippen LogP contribution in [0, 0.1) is 0 Å². The summed E-state index contributed by atoms with van der Waals surface area (Å²) in [5.41, 5.74) is 2.23. The molecule has 0 fully saturated rings. The lowest BCUT2D eigenvalue weighted by Crippen LogP contribution is -2.34. The molecule has 42 heavy (non-hydrogen) atoms. The molecule has 6 nitrogen and oxygen atoms in total. The van der Waals surface area contributed by atoms with E-state index in [9.17, 15) is 22.8 Å². The normalized spacial score (nSPS) is 14.4. The van der Waals surface area contributed by atoms with Crippen molar-refractivity contribution in [3.05, 3.63) is 77.4 Å². The van der Waals surface area contributed by atoms with Gasteiger partial charge in [-0.1, -0.05) is 38.1 Å². The number of fused-ring (bicyclic) bond motifs is 1. The summed E-state index contributed by atoms with van der Waals surface area (Å²) < 4.78 is 55.7. The van der Waals surface area contributed by atoms with E-state index in [1.54, 1.807) is 43.9 Å². The number of anilines is 1. The first-order chi connectivity index (χ1) is 19.6. The van der Waals surface area contributed by atoms with Crippen LogP contribution in [0.4, 0.5) is 18.9 Å². The van der Waals surface area contributed by atoms with Crippen LogP contribution in [-0.4, -0.2) is 37.2 Å². The number of rotatable bonds is 8. The number of alkyl halides is 3. The van der Waals surface area contributed by atoms with Crippen molar-refractivity contribution < 1.29 is 37.0 Å². The molecule has 9 heteroatoms. The van der Waals surface area contributed by atoms with E-state index in [2.05, 4.69) is 0 Å². The van der Waals surface area contributed by atoms with Crippen LogP contribution in [0.25, 0.3) is 11.1 Å². The summed E-state index contributed by atoms with van der Waals surface area (Å²) in [6.07, 6.45) is -4.28. The highest BCUT2D eigenvalue weighted by Gasteiger charge is 2.38. The van der Waals surface area contributed by atoms with Crippen LogP contribution in [0.1, 0.15) is 58.2 Å². The second kappa shape index (κ2) is 11.7. The van der Waals surface area contributed by atoms with Crippen molar-refractivity contribution in [3.8, 4) is 22.6 Å². The summed E-state index contributed by atoms with van der Waals surface area (Å²) in [7, 11) is 0. The van der Waals surface area contributed by atoms with E-state index in [1.807, 2.05) is 39.0 Å². The first kappa shape index (κ1) is 30.9. The lowest BCUT2D eigenvalue weighted by Gasteiger charge is -2.21. The van der Waals surface area contributed by atoms with Crippen molar-refractivity contribution in [2.45, 2.75) is 65.2 Å². The fraction of sp³-hybridized carbons (Fsp3) is 0.394. The highest BCUT2D eigenvalue weighted by Crippen LogP contribution is 2.43. The molecule has 3 aromatic carbocycles. The Bertz CT molecular complexity index is 1460. The molecule has 1 heterocycles. The number of carbonyl (C=O) groups is 2. The van der Waals surface area contributed by atoms with Gasteiger partial charge in [-0.15, -0.1) is 0 Å². The third kappa shape index (κ3) is 7.24. The zero-order valence-corrected chi connectivity index (χ0v) is 24.7. The molecule has 0 aromatic heterocycles. The minimum Gasteiger partial charge on any atom is -0.490 e. The molecule has 1 amide bonds. The predicted octanol–water partition coefficient (Wildman–Crippen LogP) is 7.36. The molecule has 3 aromatic rings. The molecule has 0 aliphatic carbocycles. The summed E-state index contributed by atoms with van der Waals surface area (Å²) >= 11 is 0. The van der Waals surface area contributed by atoms with Gasteiger partial charge >= 0.3 is 12.1 Å². The summed E-state index contributed by atoms with van der Waals surface area (Å²) in [5, 5.41) is 0. The molecule has 0 saturated heterocycles. The zero-order valence-electron chi connectivity index (χ0n) is 24.7. The molecule has 0 spiro atoms. The lowest BCUT2D eigenvalue weighted by atomic mass is 9.85. The van der Waals surface area contributed by atoms with Gasteiger partial charge in [0.2, 0.25) is 5.91 Å². The van der Waals surface area contributed by atoms with Crippen LogP contribution >= 0.6 is 0 Å². The van der Waals surface area contributed by atoms with Crippen LogP contribution < -0.4 is 14.4 Å². The number of nitrogens with zero attached hydrogens (tertiary/aromatic N) is 1. The van der Waals surface area contributed by atoms with E-state index in [4.69, 9.17) is 14.2 Å². The maximum atomic E-state index is 13.5. The number of carbonyl (C=O) groups excluding carboxylic acids is 2. The maximum absolute atomic E-state index is 13.5. The van der Waals surface area contributed by atoms with E-state index < -0.39 is 23.3 Å². The van der Waals surface area contributed by atoms with Gasteiger partial charge in [-0.2, -0.15) is 13.2 Å². The van der Waals surface area contributed by atoms with E-state index in [1.165, 1.54) is 12.1 Å². The first-order valence-electron chi connectivity index (χ1n) is 13.8. The average molecular weight is 584 g/mol. The molecule has 0 saturated carbocycles. The van der Waals surface area contributed by atoms with Crippen LogP contribution in [0.3, 0.4) is 0 Å². The molecule has 1 aliphatic rings. The van der Waals surface area contributed by atoms with Gasteiger partial charge in [-0.25, -0.2) is 4.79 Å². The van der Waals surface area contributed by atoms with Gasteiger partial charge in [0.15, 0.2) is 18.1 Å². The van der Waals surface area contributed by atoms with Crippen LogP contribution in [0.2, 0.25) is 0 Å². The number of benzene rings is 3. The highest BCUT2D eigenvalue weighted by atomic mass is 19.4. The van der Waals surface area contributed by atoms with Gasteiger partial charge < -0.3 is 19.1 Å². The Labute approximate surface area is 244 Å². The number of ether oxygens (including phenoxy) is 3. The Morgan fingerprint density at radius 2 is 1.55 bits per heavy atom. The molecule has 0 bridgehead atoms. The average Bonchev–Trinajstić information content (AvgIpc) is 3.17. The third-order valence-corrected chi connectivity index (χ3v) is 6.85. The Morgan fingerprint density at radius 3 is 2.17 bits per heavy atom. The molecule has 0 atom stereocenters. The van der Waals surface area contributed by atoms with E-state index in [0.29, 0.717) is 30.2 Å². The lowest BCUT2D eigenvalue weighted by molar-refractivity contribution is -0.157. The fourth-order valence-electron chi connectivity index (χ4n) is 4.96. The summed E-state index contributed by atoms with van der Waals surface area (Å²) in [6, 6.07) is 15.9.